The molecule has 1 heterocycles. The van der Waals surface area contributed by atoms with Gasteiger partial charge in [0.2, 0.25) is 5.91 Å². The highest BCUT2D eigenvalue weighted by Gasteiger charge is 2.25. The summed E-state index contributed by atoms with van der Waals surface area (Å²) >= 11 is 2.03. The molecule has 0 aliphatic carbocycles. The van der Waals surface area contributed by atoms with Crippen molar-refractivity contribution < 1.29 is 4.79 Å². The number of nitrogens with one attached hydrogen (secondary N) is 1. The van der Waals surface area contributed by atoms with Gasteiger partial charge in [0.15, 0.2) is 5.96 Å². The van der Waals surface area contributed by atoms with Crippen molar-refractivity contribution >= 4 is 23.6 Å². The summed E-state index contributed by atoms with van der Waals surface area (Å²) in [6.45, 7) is 13.2. The molecule has 0 aromatic carbocycles. The number of hydrogen-bond donors (Lipinski definition) is 1. The second-order valence-electron chi connectivity index (χ2n) is 6.34. The number of rotatable bonds is 5. The van der Waals surface area contributed by atoms with Crippen LogP contribution in [-0.4, -0.2) is 72.9 Å². The normalized spacial score (nSPS) is 19.3. The van der Waals surface area contributed by atoms with E-state index in [1.165, 1.54) is 0 Å². The average molecular weight is 327 g/mol. The first-order valence-corrected chi connectivity index (χ1v) is 8.85. The van der Waals surface area contributed by atoms with E-state index in [-0.39, 0.29) is 12.5 Å². The molecule has 1 fully saturated rings. The predicted molar refractivity (Wildman–Crippen MR) is 96.5 cm³/mol. The van der Waals surface area contributed by atoms with Gasteiger partial charge in [-0.3, -0.25) is 4.79 Å². The van der Waals surface area contributed by atoms with Gasteiger partial charge in [0.1, 0.15) is 6.54 Å². The molecule has 0 spiro atoms. The summed E-state index contributed by atoms with van der Waals surface area (Å²) in [5, 5.41) is 3.95. The molecule has 1 unspecified atom stereocenters. The van der Waals surface area contributed by atoms with Crippen molar-refractivity contribution in [1.82, 2.24) is 15.1 Å². The third kappa shape index (κ3) is 6.30. The van der Waals surface area contributed by atoms with Crippen molar-refractivity contribution in [3.63, 3.8) is 0 Å². The van der Waals surface area contributed by atoms with Gasteiger partial charge in [-0.1, -0.05) is 26.0 Å². The van der Waals surface area contributed by atoms with Crippen molar-refractivity contribution in [2.75, 3.05) is 46.0 Å². The lowest BCUT2D eigenvalue weighted by atomic mass is 10.1. The number of carbonyl (C=O) groups is 1. The molecule has 0 radical (unpaired) electrons. The van der Waals surface area contributed by atoms with Gasteiger partial charge in [0.25, 0.3) is 0 Å². The highest BCUT2D eigenvalue weighted by molar-refractivity contribution is 8.00. The zero-order chi connectivity index (χ0) is 16.7. The second kappa shape index (κ2) is 9.08. The Balaban J connectivity index is 2.77. The van der Waals surface area contributed by atoms with E-state index in [4.69, 9.17) is 0 Å². The first-order valence-electron chi connectivity index (χ1n) is 7.80. The van der Waals surface area contributed by atoms with E-state index >= 15 is 0 Å². The van der Waals surface area contributed by atoms with Gasteiger partial charge in [0.05, 0.1) is 0 Å². The molecule has 1 aliphatic heterocycles. The molecule has 0 saturated carbocycles. The number of guanidine groups is 1. The second-order valence-corrected chi connectivity index (χ2v) is 7.69. The van der Waals surface area contributed by atoms with Crippen LogP contribution < -0.4 is 5.32 Å². The molecule has 0 aromatic rings. The van der Waals surface area contributed by atoms with Crippen LogP contribution in [0, 0.1) is 5.92 Å². The monoisotopic (exact) mass is 326 g/mol. The Morgan fingerprint density at radius 2 is 2.18 bits per heavy atom. The molecule has 1 amide bonds. The summed E-state index contributed by atoms with van der Waals surface area (Å²) in [4.78, 5) is 20.2. The average Bonchev–Trinajstić information content (AvgIpc) is 2.46. The Morgan fingerprint density at radius 1 is 1.50 bits per heavy atom. The highest BCUT2D eigenvalue weighted by atomic mass is 32.2. The minimum Gasteiger partial charge on any atom is -0.353 e. The summed E-state index contributed by atoms with van der Waals surface area (Å²) in [6.07, 6.45) is 0. The van der Waals surface area contributed by atoms with Gasteiger partial charge in [-0.05, 0) is 12.8 Å². The van der Waals surface area contributed by atoms with Crippen molar-refractivity contribution in [2.45, 2.75) is 26.0 Å². The minimum atomic E-state index is 0.0152. The predicted octanol–water partition coefficient (Wildman–Crippen LogP) is 1.67. The zero-order valence-corrected chi connectivity index (χ0v) is 15.4. The SMILES string of the molecule is C=C(C)CNC(=NCC(=O)N(C)C)N1CCSC(C(C)C)C1. The summed E-state index contributed by atoms with van der Waals surface area (Å²) in [7, 11) is 3.51. The first-order chi connectivity index (χ1) is 10.3. The quantitative estimate of drug-likeness (QED) is 0.474. The maximum atomic E-state index is 11.8. The van der Waals surface area contributed by atoms with E-state index in [2.05, 4.69) is 35.6 Å². The van der Waals surface area contributed by atoms with E-state index in [9.17, 15) is 4.79 Å². The Bertz CT molecular complexity index is 420. The van der Waals surface area contributed by atoms with E-state index in [0.717, 1.165) is 30.4 Å². The number of carbonyl (C=O) groups excluding carboxylic acids is 1. The van der Waals surface area contributed by atoms with Crippen molar-refractivity contribution in [2.24, 2.45) is 10.9 Å². The highest BCUT2D eigenvalue weighted by Crippen LogP contribution is 2.24. The van der Waals surface area contributed by atoms with Crippen LogP contribution in [0.2, 0.25) is 0 Å². The molecule has 1 aliphatic rings. The largest absolute Gasteiger partial charge is 0.353 e. The Hall–Kier alpha value is -1.17. The third-order valence-corrected chi connectivity index (χ3v) is 5.09. The third-order valence-electron chi connectivity index (χ3n) is 3.55. The van der Waals surface area contributed by atoms with Crippen LogP contribution in [0.5, 0.6) is 0 Å². The number of hydrogen-bond acceptors (Lipinski definition) is 3. The van der Waals surface area contributed by atoms with Crippen LogP contribution in [0.3, 0.4) is 0 Å². The van der Waals surface area contributed by atoms with Gasteiger partial charge < -0.3 is 15.1 Å². The Kier molecular flexibility index (Phi) is 7.79. The number of nitrogens with zero attached hydrogens (tertiary/aromatic N) is 3. The molecule has 1 atom stereocenters. The number of thioether (sulfide) groups is 1. The summed E-state index contributed by atoms with van der Waals surface area (Å²) < 4.78 is 0. The van der Waals surface area contributed by atoms with Crippen molar-refractivity contribution in [3.8, 4) is 0 Å². The number of likely N-dealkylation sites (N-methyl/N-ethyl adjacent to an activating group) is 1. The number of aliphatic imine (C=N–C) groups is 1. The molecule has 0 bridgehead atoms. The minimum absolute atomic E-state index is 0.0152. The standard InChI is InChI=1S/C16H30N4OS/c1-12(2)9-17-16(18-10-15(21)19(5)6)20-7-8-22-14(11-20)13(3)4/h13-14H,1,7-11H2,2-6H3,(H,17,18). The number of amides is 1. The maximum Gasteiger partial charge on any atom is 0.243 e. The lowest BCUT2D eigenvalue weighted by Gasteiger charge is -2.36. The van der Waals surface area contributed by atoms with Gasteiger partial charge in [-0.2, -0.15) is 11.8 Å². The van der Waals surface area contributed by atoms with Gasteiger partial charge in [0, 0.05) is 44.7 Å². The Labute approximate surface area is 139 Å². The Morgan fingerprint density at radius 3 is 2.73 bits per heavy atom. The molecule has 1 saturated heterocycles. The van der Waals surface area contributed by atoms with Crippen LogP contribution >= 0.6 is 11.8 Å². The summed E-state index contributed by atoms with van der Waals surface area (Å²) in [6, 6.07) is 0. The fourth-order valence-corrected chi connectivity index (χ4v) is 3.35. The molecular formula is C16H30N4OS. The first kappa shape index (κ1) is 18.9. The molecule has 22 heavy (non-hydrogen) atoms. The zero-order valence-electron chi connectivity index (χ0n) is 14.6. The lowest BCUT2D eigenvalue weighted by Crippen LogP contribution is -2.49. The molecule has 1 rings (SSSR count). The van der Waals surface area contributed by atoms with Crippen LogP contribution in [0.15, 0.2) is 17.1 Å². The van der Waals surface area contributed by atoms with Crippen molar-refractivity contribution in [3.05, 3.63) is 12.2 Å². The van der Waals surface area contributed by atoms with E-state index in [1.807, 2.05) is 18.7 Å². The molecular weight excluding hydrogens is 296 g/mol. The van der Waals surface area contributed by atoms with Gasteiger partial charge in [-0.15, -0.1) is 0 Å². The van der Waals surface area contributed by atoms with E-state index in [1.54, 1.807) is 19.0 Å². The smallest absolute Gasteiger partial charge is 0.243 e. The molecule has 1 N–H and O–H groups in total. The molecule has 0 aromatic heterocycles. The fraction of sp³-hybridized carbons (Fsp3) is 0.750. The van der Waals surface area contributed by atoms with Crippen LogP contribution in [-0.2, 0) is 4.79 Å². The van der Waals surface area contributed by atoms with E-state index < -0.39 is 0 Å². The molecule has 126 valence electrons. The van der Waals surface area contributed by atoms with Crippen LogP contribution in [0.1, 0.15) is 20.8 Å². The fourth-order valence-electron chi connectivity index (χ4n) is 2.05. The van der Waals surface area contributed by atoms with Crippen molar-refractivity contribution in [1.29, 1.82) is 0 Å². The van der Waals surface area contributed by atoms with Crippen LogP contribution in [0.4, 0.5) is 0 Å². The van der Waals surface area contributed by atoms with E-state index in [0.29, 0.717) is 17.7 Å². The van der Waals surface area contributed by atoms with Crippen LogP contribution in [0.25, 0.3) is 0 Å². The molecule has 6 heteroatoms. The van der Waals surface area contributed by atoms with Gasteiger partial charge >= 0.3 is 0 Å². The summed E-state index contributed by atoms with van der Waals surface area (Å²) in [5.74, 6) is 2.57. The lowest BCUT2D eigenvalue weighted by molar-refractivity contribution is -0.127. The topological polar surface area (TPSA) is 47.9 Å². The van der Waals surface area contributed by atoms with Gasteiger partial charge in [-0.25, -0.2) is 4.99 Å². The maximum absolute atomic E-state index is 11.8. The summed E-state index contributed by atoms with van der Waals surface area (Å²) in [5.41, 5.74) is 1.05. The molecule has 5 nitrogen and oxygen atoms in total.